The molecule has 0 aromatic carbocycles. The number of pyridine rings is 1. The summed E-state index contributed by atoms with van der Waals surface area (Å²) in [5.74, 6) is 0.279. The van der Waals surface area contributed by atoms with E-state index < -0.39 is 5.41 Å². The topological polar surface area (TPSA) is 62.3 Å². The van der Waals surface area contributed by atoms with Crippen LogP contribution in [0.5, 0.6) is 0 Å². The highest BCUT2D eigenvalue weighted by Crippen LogP contribution is 2.50. The van der Waals surface area contributed by atoms with E-state index in [2.05, 4.69) is 16.4 Å². The molecular weight excluding hydrogens is 314 g/mol. The standard InChI is InChI=1S/C20H25N3O2/c24-18-7-11-20(19(25)22-14-15-8-12-21-13-9-15)10-3-6-17(20)23(18)16-4-1-2-5-16/h6,8-9,12-13,16H,1-5,7,10-11,14H2,(H,22,25). The van der Waals surface area contributed by atoms with Crippen molar-refractivity contribution in [3.8, 4) is 0 Å². The van der Waals surface area contributed by atoms with E-state index in [0.717, 1.165) is 36.9 Å². The van der Waals surface area contributed by atoms with Crippen molar-refractivity contribution in [2.75, 3.05) is 0 Å². The molecule has 1 aliphatic heterocycles. The Balaban J connectivity index is 1.54. The van der Waals surface area contributed by atoms with Gasteiger partial charge in [0.05, 0.1) is 5.41 Å². The van der Waals surface area contributed by atoms with E-state index in [1.165, 1.54) is 12.8 Å². The van der Waals surface area contributed by atoms with Gasteiger partial charge < -0.3 is 10.2 Å². The van der Waals surface area contributed by atoms with Crippen LogP contribution in [0, 0.1) is 5.41 Å². The van der Waals surface area contributed by atoms with Crippen LogP contribution >= 0.6 is 0 Å². The number of nitrogens with one attached hydrogen (secondary N) is 1. The molecule has 0 bridgehead atoms. The van der Waals surface area contributed by atoms with Crippen LogP contribution in [0.1, 0.15) is 56.9 Å². The number of carbonyl (C=O) groups is 2. The van der Waals surface area contributed by atoms with Gasteiger partial charge in [0.1, 0.15) is 0 Å². The summed E-state index contributed by atoms with van der Waals surface area (Å²) < 4.78 is 0. The predicted molar refractivity (Wildman–Crippen MR) is 94.2 cm³/mol. The van der Waals surface area contributed by atoms with Crippen LogP contribution in [0.3, 0.4) is 0 Å². The van der Waals surface area contributed by atoms with Gasteiger partial charge in [-0.25, -0.2) is 0 Å². The number of nitrogens with zero attached hydrogens (tertiary/aromatic N) is 2. The first kappa shape index (κ1) is 16.3. The van der Waals surface area contributed by atoms with Crippen molar-refractivity contribution in [3.63, 3.8) is 0 Å². The fourth-order valence-electron chi connectivity index (χ4n) is 4.69. The molecule has 1 unspecified atom stereocenters. The zero-order valence-corrected chi connectivity index (χ0v) is 14.5. The van der Waals surface area contributed by atoms with Gasteiger partial charge in [-0.2, -0.15) is 0 Å². The zero-order valence-electron chi connectivity index (χ0n) is 14.5. The predicted octanol–water partition coefficient (Wildman–Crippen LogP) is 2.93. The minimum absolute atomic E-state index is 0.0727. The molecule has 5 heteroatoms. The molecule has 2 aliphatic carbocycles. The smallest absolute Gasteiger partial charge is 0.232 e. The van der Waals surface area contributed by atoms with E-state index in [0.29, 0.717) is 25.4 Å². The van der Waals surface area contributed by atoms with Crippen LogP contribution < -0.4 is 5.32 Å². The number of allylic oxidation sites excluding steroid dienone is 1. The average molecular weight is 339 g/mol. The maximum absolute atomic E-state index is 13.1. The largest absolute Gasteiger partial charge is 0.351 e. The second kappa shape index (κ2) is 6.62. The van der Waals surface area contributed by atoms with Gasteiger partial charge in [-0.1, -0.05) is 18.9 Å². The van der Waals surface area contributed by atoms with Crippen LogP contribution in [0.4, 0.5) is 0 Å². The Labute approximate surface area is 148 Å². The lowest BCUT2D eigenvalue weighted by Crippen LogP contribution is -2.52. The number of rotatable bonds is 4. The van der Waals surface area contributed by atoms with E-state index >= 15 is 0 Å². The molecule has 2 amide bonds. The van der Waals surface area contributed by atoms with E-state index in [9.17, 15) is 9.59 Å². The van der Waals surface area contributed by atoms with Crippen molar-refractivity contribution < 1.29 is 9.59 Å². The number of piperidine rings is 1. The van der Waals surface area contributed by atoms with Gasteiger partial charge in [0.2, 0.25) is 11.8 Å². The Morgan fingerprint density at radius 2 is 2.00 bits per heavy atom. The summed E-state index contributed by atoms with van der Waals surface area (Å²) in [5.41, 5.74) is 1.52. The van der Waals surface area contributed by atoms with Crippen LogP contribution in [0.2, 0.25) is 0 Å². The molecular formula is C20H25N3O2. The van der Waals surface area contributed by atoms with Crippen molar-refractivity contribution in [1.82, 2.24) is 15.2 Å². The maximum atomic E-state index is 13.1. The lowest BCUT2D eigenvalue weighted by atomic mass is 9.75. The van der Waals surface area contributed by atoms with Crippen molar-refractivity contribution >= 4 is 11.8 Å². The summed E-state index contributed by atoms with van der Waals surface area (Å²) in [6.07, 6.45) is 12.9. The monoisotopic (exact) mass is 339 g/mol. The summed E-state index contributed by atoms with van der Waals surface area (Å²) in [4.78, 5) is 31.8. The fraction of sp³-hybridized carbons (Fsp3) is 0.550. The normalized spacial score (nSPS) is 26.5. The van der Waals surface area contributed by atoms with E-state index in [4.69, 9.17) is 0 Å². The molecule has 2 heterocycles. The van der Waals surface area contributed by atoms with Crippen LogP contribution in [-0.4, -0.2) is 27.7 Å². The summed E-state index contributed by atoms with van der Waals surface area (Å²) in [7, 11) is 0. The van der Waals surface area contributed by atoms with Crippen LogP contribution in [-0.2, 0) is 16.1 Å². The van der Waals surface area contributed by atoms with Crippen molar-refractivity contribution in [2.24, 2.45) is 5.41 Å². The summed E-state index contributed by atoms with van der Waals surface area (Å²) >= 11 is 0. The fourth-order valence-corrected chi connectivity index (χ4v) is 4.69. The lowest BCUT2D eigenvalue weighted by molar-refractivity contribution is -0.141. The van der Waals surface area contributed by atoms with Gasteiger partial charge in [0, 0.05) is 37.1 Å². The molecule has 1 saturated heterocycles. The van der Waals surface area contributed by atoms with Crippen molar-refractivity contribution in [3.05, 3.63) is 41.9 Å². The highest BCUT2D eigenvalue weighted by atomic mass is 16.2. The number of likely N-dealkylation sites (tertiary alicyclic amines) is 1. The van der Waals surface area contributed by atoms with E-state index in [1.807, 2.05) is 17.0 Å². The van der Waals surface area contributed by atoms with E-state index in [-0.39, 0.29) is 11.8 Å². The molecule has 1 N–H and O–H groups in total. The third-order valence-corrected chi connectivity index (χ3v) is 6.02. The van der Waals surface area contributed by atoms with Gasteiger partial charge in [0.15, 0.2) is 0 Å². The first-order valence-electron chi connectivity index (χ1n) is 9.41. The maximum Gasteiger partial charge on any atom is 0.232 e. The molecule has 4 rings (SSSR count). The van der Waals surface area contributed by atoms with Crippen molar-refractivity contribution in [1.29, 1.82) is 0 Å². The third-order valence-electron chi connectivity index (χ3n) is 6.02. The number of aromatic nitrogens is 1. The third kappa shape index (κ3) is 2.86. The van der Waals surface area contributed by atoms with Gasteiger partial charge in [-0.3, -0.25) is 14.6 Å². The number of hydrogen-bond donors (Lipinski definition) is 1. The van der Waals surface area contributed by atoms with Crippen LogP contribution in [0.25, 0.3) is 0 Å². The van der Waals surface area contributed by atoms with Crippen LogP contribution in [0.15, 0.2) is 36.3 Å². The summed E-state index contributed by atoms with van der Waals surface area (Å²) in [6.45, 7) is 0.508. The molecule has 0 spiro atoms. The first-order valence-corrected chi connectivity index (χ1v) is 9.41. The summed E-state index contributed by atoms with van der Waals surface area (Å²) in [6, 6.07) is 4.13. The number of amides is 2. The lowest BCUT2D eigenvalue weighted by Gasteiger charge is -2.44. The van der Waals surface area contributed by atoms with Gasteiger partial charge in [-0.05, 0) is 49.8 Å². The molecule has 0 radical (unpaired) electrons. The quantitative estimate of drug-likeness (QED) is 0.917. The number of carbonyl (C=O) groups excluding carboxylic acids is 2. The Hall–Kier alpha value is -2.17. The minimum Gasteiger partial charge on any atom is -0.351 e. The molecule has 3 aliphatic rings. The van der Waals surface area contributed by atoms with Crippen molar-refractivity contribution in [2.45, 2.75) is 64.0 Å². The van der Waals surface area contributed by atoms with Gasteiger partial charge >= 0.3 is 0 Å². The SMILES string of the molecule is O=C1CCC2(C(=O)NCc3ccncc3)CCC=C2N1C1CCCC1. The Morgan fingerprint density at radius 3 is 2.76 bits per heavy atom. The number of hydrogen-bond acceptors (Lipinski definition) is 3. The average Bonchev–Trinajstić information content (AvgIpc) is 3.31. The Kier molecular flexibility index (Phi) is 4.32. The van der Waals surface area contributed by atoms with E-state index in [1.54, 1.807) is 12.4 Å². The Morgan fingerprint density at radius 1 is 1.24 bits per heavy atom. The molecule has 5 nitrogen and oxygen atoms in total. The molecule has 132 valence electrons. The molecule has 1 aromatic heterocycles. The highest BCUT2D eigenvalue weighted by molar-refractivity contribution is 5.91. The molecule has 1 saturated carbocycles. The second-order valence-corrected chi connectivity index (χ2v) is 7.45. The highest BCUT2D eigenvalue weighted by Gasteiger charge is 2.52. The molecule has 1 aromatic rings. The van der Waals surface area contributed by atoms with Gasteiger partial charge in [-0.15, -0.1) is 0 Å². The zero-order chi connectivity index (χ0) is 17.3. The van der Waals surface area contributed by atoms with Gasteiger partial charge in [0.25, 0.3) is 0 Å². The Bertz CT molecular complexity index is 694. The first-order chi connectivity index (χ1) is 12.2. The second-order valence-electron chi connectivity index (χ2n) is 7.45. The minimum atomic E-state index is -0.510. The molecule has 2 fully saturated rings. The molecule has 25 heavy (non-hydrogen) atoms. The summed E-state index contributed by atoms with van der Waals surface area (Å²) in [5, 5.41) is 3.11. The molecule has 1 atom stereocenters. The number of fused-ring (bicyclic) bond motifs is 1.